The van der Waals surface area contributed by atoms with Crippen LogP contribution in [-0.4, -0.2) is 35.6 Å². The van der Waals surface area contributed by atoms with E-state index in [0.29, 0.717) is 12.1 Å². The SMILES string of the molecule is Cc1cc(C(=O)COC(=O)c2ccc(C(F)(F)F)cc2)c(C)n1C[C@H]1CCCO1. The van der Waals surface area contributed by atoms with Crippen molar-refractivity contribution < 1.29 is 32.2 Å². The summed E-state index contributed by atoms with van der Waals surface area (Å²) >= 11 is 0. The molecule has 0 amide bonds. The molecular formula is C21H22F3NO4. The summed E-state index contributed by atoms with van der Waals surface area (Å²) in [5, 5.41) is 0. The minimum absolute atomic E-state index is 0.0466. The molecule has 0 saturated carbocycles. The number of alkyl halides is 3. The highest BCUT2D eigenvalue weighted by atomic mass is 19.4. The van der Waals surface area contributed by atoms with Gasteiger partial charge in [0, 0.05) is 30.1 Å². The van der Waals surface area contributed by atoms with Crippen LogP contribution in [-0.2, 0) is 22.2 Å². The number of benzene rings is 1. The summed E-state index contributed by atoms with van der Waals surface area (Å²) in [4.78, 5) is 24.6. The molecule has 0 bridgehead atoms. The van der Waals surface area contributed by atoms with Crippen molar-refractivity contribution in [1.29, 1.82) is 0 Å². The minimum Gasteiger partial charge on any atom is -0.454 e. The second kappa shape index (κ2) is 8.41. The van der Waals surface area contributed by atoms with E-state index in [0.717, 1.165) is 55.1 Å². The molecule has 2 aromatic rings. The first-order valence-corrected chi connectivity index (χ1v) is 9.32. The highest BCUT2D eigenvalue weighted by Crippen LogP contribution is 2.29. The van der Waals surface area contributed by atoms with Crippen molar-refractivity contribution >= 4 is 11.8 Å². The van der Waals surface area contributed by atoms with Gasteiger partial charge in [0.25, 0.3) is 0 Å². The number of carbonyl (C=O) groups is 2. The summed E-state index contributed by atoms with van der Waals surface area (Å²) in [6.07, 6.45) is -2.36. The van der Waals surface area contributed by atoms with Gasteiger partial charge in [-0.15, -0.1) is 0 Å². The fourth-order valence-corrected chi connectivity index (χ4v) is 3.44. The lowest BCUT2D eigenvalue weighted by molar-refractivity contribution is -0.137. The molecule has 8 heteroatoms. The molecule has 1 fully saturated rings. The molecular weight excluding hydrogens is 387 g/mol. The van der Waals surface area contributed by atoms with E-state index in [1.165, 1.54) is 0 Å². The molecule has 0 aliphatic carbocycles. The van der Waals surface area contributed by atoms with Crippen molar-refractivity contribution in [2.24, 2.45) is 0 Å². The van der Waals surface area contributed by atoms with Gasteiger partial charge < -0.3 is 14.0 Å². The molecule has 29 heavy (non-hydrogen) atoms. The zero-order valence-corrected chi connectivity index (χ0v) is 16.2. The number of nitrogens with zero attached hydrogens (tertiary/aromatic N) is 1. The van der Waals surface area contributed by atoms with Crippen LogP contribution in [0.1, 0.15) is 50.5 Å². The number of aryl methyl sites for hydroxylation is 1. The molecule has 1 saturated heterocycles. The molecule has 1 aromatic carbocycles. The summed E-state index contributed by atoms with van der Waals surface area (Å²) in [5.41, 5.74) is 1.24. The van der Waals surface area contributed by atoms with E-state index in [-0.39, 0.29) is 17.5 Å². The Labute approximate surface area is 166 Å². The predicted molar refractivity (Wildman–Crippen MR) is 98.9 cm³/mol. The number of hydrogen-bond acceptors (Lipinski definition) is 4. The Morgan fingerprint density at radius 2 is 1.90 bits per heavy atom. The maximum atomic E-state index is 12.6. The number of ketones is 1. The molecule has 1 atom stereocenters. The third kappa shape index (κ3) is 4.87. The van der Waals surface area contributed by atoms with Crippen molar-refractivity contribution in [1.82, 2.24) is 4.57 Å². The summed E-state index contributed by atoms with van der Waals surface area (Å²) in [7, 11) is 0. The van der Waals surface area contributed by atoms with E-state index in [1.54, 1.807) is 6.07 Å². The van der Waals surface area contributed by atoms with Gasteiger partial charge in [-0.25, -0.2) is 4.79 Å². The highest BCUT2D eigenvalue weighted by Gasteiger charge is 2.30. The van der Waals surface area contributed by atoms with Crippen LogP contribution in [0.2, 0.25) is 0 Å². The molecule has 0 radical (unpaired) electrons. The van der Waals surface area contributed by atoms with E-state index in [4.69, 9.17) is 9.47 Å². The summed E-state index contributed by atoms with van der Waals surface area (Å²) in [6.45, 7) is 4.65. The lowest BCUT2D eigenvalue weighted by Gasteiger charge is -2.14. The van der Waals surface area contributed by atoms with Crippen molar-refractivity contribution in [2.75, 3.05) is 13.2 Å². The first-order chi connectivity index (χ1) is 13.7. The molecule has 1 aliphatic rings. The largest absolute Gasteiger partial charge is 0.454 e. The normalized spacial score (nSPS) is 16.8. The molecule has 2 heterocycles. The van der Waals surface area contributed by atoms with Crippen LogP contribution < -0.4 is 0 Å². The number of esters is 1. The molecule has 0 spiro atoms. The van der Waals surface area contributed by atoms with Crippen molar-refractivity contribution in [3.8, 4) is 0 Å². The number of halogens is 3. The van der Waals surface area contributed by atoms with Crippen molar-refractivity contribution in [3.63, 3.8) is 0 Å². The second-order valence-electron chi connectivity index (χ2n) is 7.10. The van der Waals surface area contributed by atoms with Crippen LogP contribution in [0.25, 0.3) is 0 Å². The van der Waals surface area contributed by atoms with Crippen LogP contribution in [0.4, 0.5) is 13.2 Å². The Morgan fingerprint density at radius 3 is 2.48 bits per heavy atom. The molecule has 1 aliphatic heterocycles. The average molecular weight is 409 g/mol. The van der Waals surface area contributed by atoms with Crippen LogP contribution >= 0.6 is 0 Å². The highest BCUT2D eigenvalue weighted by molar-refractivity contribution is 6.00. The number of hydrogen-bond donors (Lipinski definition) is 0. The monoisotopic (exact) mass is 409 g/mol. The van der Waals surface area contributed by atoms with E-state index in [9.17, 15) is 22.8 Å². The van der Waals surface area contributed by atoms with Crippen LogP contribution in [0.3, 0.4) is 0 Å². The van der Waals surface area contributed by atoms with Gasteiger partial charge in [-0.3, -0.25) is 4.79 Å². The quantitative estimate of drug-likeness (QED) is 0.526. The van der Waals surface area contributed by atoms with E-state index >= 15 is 0 Å². The van der Waals surface area contributed by atoms with Crippen molar-refractivity contribution in [3.05, 3.63) is 58.4 Å². The van der Waals surface area contributed by atoms with Gasteiger partial charge >= 0.3 is 12.1 Å². The van der Waals surface area contributed by atoms with Gasteiger partial charge in [-0.1, -0.05) is 0 Å². The number of rotatable bonds is 6. The van der Waals surface area contributed by atoms with E-state index in [2.05, 4.69) is 0 Å². The Bertz CT molecular complexity index is 894. The third-order valence-electron chi connectivity index (χ3n) is 5.07. The summed E-state index contributed by atoms with van der Waals surface area (Å²) < 4.78 is 50.4. The summed E-state index contributed by atoms with van der Waals surface area (Å²) in [5.74, 6) is -1.21. The smallest absolute Gasteiger partial charge is 0.416 e. The molecule has 0 unspecified atom stereocenters. The fraction of sp³-hybridized carbons (Fsp3) is 0.429. The first kappa shape index (κ1) is 21.1. The lowest BCUT2D eigenvalue weighted by atomic mass is 10.1. The molecule has 1 aromatic heterocycles. The standard InChI is InChI=1S/C21H22F3NO4/c1-13-10-18(14(2)25(13)11-17-4-3-9-28-17)19(26)12-29-20(27)15-5-7-16(8-6-15)21(22,23)24/h5-8,10,17H,3-4,9,11-12H2,1-2H3/t17-/m1/s1. The van der Waals surface area contributed by atoms with E-state index < -0.39 is 24.3 Å². The third-order valence-corrected chi connectivity index (χ3v) is 5.07. The Hall–Kier alpha value is -2.61. The summed E-state index contributed by atoms with van der Waals surface area (Å²) in [6, 6.07) is 5.42. The van der Waals surface area contributed by atoms with E-state index in [1.807, 2.05) is 18.4 Å². The lowest BCUT2D eigenvalue weighted by Crippen LogP contribution is -2.18. The molecule has 0 N–H and O–H groups in total. The number of carbonyl (C=O) groups excluding carboxylic acids is 2. The fourth-order valence-electron chi connectivity index (χ4n) is 3.44. The van der Waals surface area contributed by atoms with Gasteiger partial charge in [0.2, 0.25) is 5.78 Å². The molecule has 156 valence electrons. The first-order valence-electron chi connectivity index (χ1n) is 9.32. The average Bonchev–Trinajstić information content (AvgIpc) is 3.29. The minimum atomic E-state index is -4.48. The number of aromatic nitrogens is 1. The van der Waals surface area contributed by atoms with Crippen LogP contribution in [0, 0.1) is 13.8 Å². The number of ether oxygens (including phenoxy) is 2. The van der Waals surface area contributed by atoms with Gasteiger partial charge in [0.05, 0.1) is 17.2 Å². The second-order valence-corrected chi connectivity index (χ2v) is 7.10. The Kier molecular flexibility index (Phi) is 6.12. The Balaban J connectivity index is 1.62. The predicted octanol–water partition coefficient (Wildman–Crippen LogP) is 4.34. The molecule has 3 rings (SSSR count). The number of Topliss-reactive ketones (excluding diaryl/α,β-unsaturated/α-hetero) is 1. The maximum Gasteiger partial charge on any atom is 0.416 e. The van der Waals surface area contributed by atoms with Crippen LogP contribution in [0.15, 0.2) is 30.3 Å². The van der Waals surface area contributed by atoms with Crippen LogP contribution in [0.5, 0.6) is 0 Å². The topological polar surface area (TPSA) is 57.5 Å². The maximum absolute atomic E-state index is 12.6. The van der Waals surface area contributed by atoms with Crippen molar-refractivity contribution in [2.45, 2.75) is 45.5 Å². The Morgan fingerprint density at radius 1 is 1.21 bits per heavy atom. The zero-order chi connectivity index (χ0) is 21.2. The van der Waals surface area contributed by atoms with Gasteiger partial charge in [0.15, 0.2) is 6.61 Å². The van der Waals surface area contributed by atoms with Gasteiger partial charge in [0.1, 0.15) is 0 Å². The van der Waals surface area contributed by atoms with Gasteiger partial charge in [-0.05, 0) is 57.0 Å². The zero-order valence-electron chi connectivity index (χ0n) is 16.2. The van der Waals surface area contributed by atoms with Gasteiger partial charge in [-0.2, -0.15) is 13.2 Å². The molecule has 5 nitrogen and oxygen atoms in total.